The Labute approximate surface area is 110 Å². The molecule has 4 nitrogen and oxygen atoms in total. The predicted molar refractivity (Wildman–Crippen MR) is 72.3 cm³/mol. The van der Waals surface area contributed by atoms with E-state index in [1.165, 1.54) is 0 Å². The van der Waals surface area contributed by atoms with Crippen molar-refractivity contribution < 1.29 is 9.53 Å². The zero-order valence-corrected chi connectivity index (χ0v) is 11.7. The molecule has 0 aliphatic carbocycles. The maximum Gasteiger partial charge on any atom is 0.411 e. The summed E-state index contributed by atoms with van der Waals surface area (Å²) in [6, 6.07) is 0. The number of hydrogen-bond acceptors (Lipinski definition) is 3. The third-order valence-electron chi connectivity index (χ3n) is 3.68. The average Bonchev–Trinajstić information content (AvgIpc) is 2.41. The maximum atomic E-state index is 12.0. The van der Waals surface area contributed by atoms with Crippen molar-refractivity contribution in [3.05, 3.63) is 0 Å². The Balaban J connectivity index is 2.62. The van der Waals surface area contributed by atoms with Crippen molar-refractivity contribution in [3.8, 4) is 12.3 Å². The normalized spacial score (nSPS) is 19.0. The van der Waals surface area contributed by atoms with Crippen molar-refractivity contribution in [3.63, 3.8) is 0 Å². The minimum Gasteiger partial charge on any atom is -0.429 e. The quantitative estimate of drug-likeness (QED) is 0.717. The standard InChI is InChI=1S/C14H24N2O2/c1-5-14(9-11-15(6-2)12-10-14)18-13(17)16(7-3)8-4/h1H,6-12H2,2-4H3. The molecule has 0 spiro atoms. The number of nitrogens with zero attached hydrogens (tertiary/aromatic N) is 2. The summed E-state index contributed by atoms with van der Waals surface area (Å²) in [7, 11) is 0. The van der Waals surface area contributed by atoms with Gasteiger partial charge in [-0.1, -0.05) is 12.8 Å². The minimum atomic E-state index is -0.703. The molecule has 0 atom stereocenters. The van der Waals surface area contributed by atoms with Crippen molar-refractivity contribution in [1.82, 2.24) is 9.80 Å². The average molecular weight is 252 g/mol. The van der Waals surface area contributed by atoms with Gasteiger partial charge in [0.25, 0.3) is 0 Å². The molecule has 1 heterocycles. The molecule has 4 heteroatoms. The fourth-order valence-corrected chi connectivity index (χ4v) is 2.22. The number of likely N-dealkylation sites (tertiary alicyclic amines) is 1. The van der Waals surface area contributed by atoms with E-state index in [2.05, 4.69) is 17.7 Å². The van der Waals surface area contributed by atoms with E-state index >= 15 is 0 Å². The molecule has 1 fully saturated rings. The van der Waals surface area contributed by atoms with Gasteiger partial charge in [-0.15, -0.1) is 6.42 Å². The zero-order chi connectivity index (χ0) is 13.6. The van der Waals surface area contributed by atoms with Gasteiger partial charge >= 0.3 is 6.09 Å². The Morgan fingerprint density at radius 1 is 1.33 bits per heavy atom. The first-order valence-corrected chi connectivity index (χ1v) is 6.78. The monoisotopic (exact) mass is 252 g/mol. The van der Waals surface area contributed by atoms with Crippen molar-refractivity contribution in [2.24, 2.45) is 0 Å². The second-order valence-corrected chi connectivity index (χ2v) is 4.61. The van der Waals surface area contributed by atoms with Crippen molar-refractivity contribution in [2.45, 2.75) is 39.2 Å². The molecule has 1 aliphatic rings. The van der Waals surface area contributed by atoms with Crippen LogP contribution >= 0.6 is 0 Å². The van der Waals surface area contributed by atoms with Gasteiger partial charge in [0.2, 0.25) is 0 Å². The molecular formula is C14H24N2O2. The molecule has 0 radical (unpaired) electrons. The number of piperidine rings is 1. The molecule has 0 unspecified atom stereocenters. The topological polar surface area (TPSA) is 32.8 Å². The van der Waals surface area contributed by atoms with Crippen LogP contribution in [0, 0.1) is 12.3 Å². The number of carbonyl (C=O) groups excluding carboxylic acids is 1. The Bertz CT molecular complexity index is 310. The third-order valence-corrected chi connectivity index (χ3v) is 3.68. The lowest BCUT2D eigenvalue weighted by Gasteiger charge is -2.38. The molecule has 0 aromatic heterocycles. The van der Waals surface area contributed by atoms with Gasteiger partial charge in [-0.25, -0.2) is 4.79 Å². The van der Waals surface area contributed by atoms with Gasteiger partial charge < -0.3 is 14.5 Å². The molecular weight excluding hydrogens is 228 g/mol. The fraction of sp³-hybridized carbons (Fsp3) is 0.786. The molecule has 1 rings (SSSR count). The van der Waals surface area contributed by atoms with Crippen LogP contribution in [0.1, 0.15) is 33.6 Å². The van der Waals surface area contributed by atoms with E-state index in [4.69, 9.17) is 11.2 Å². The van der Waals surface area contributed by atoms with Crippen LogP contribution in [0.15, 0.2) is 0 Å². The number of rotatable bonds is 4. The molecule has 0 aromatic carbocycles. The van der Waals surface area contributed by atoms with Crippen LogP contribution in [0.4, 0.5) is 4.79 Å². The van der Waals surface area contributed by atoms with Gasteiger partial charge in [-0.05, 0) is 20.4 Å². The molecule has 1 saturated heterocycles. The summed E-state index contributed by atoms with van der Waals surface area (Å²) >= 11 is 0. The van der Waals surface area contributed by atoms with E-state index in [1.54, 1.807) is 4.90 Å². The second kappa shape index (κ2) is 6.65. The summed E-state index contributed by atoms with van der Waals surface area (Å²) in [6.45, 7) is 10.1. The Kier molecular flexibility index (Phi) is 5.49. The maximum absolute atomic E-state index is 12.0. The zero-order valence-electron chi connectivity index (χ0n) is 11.7. The van der Waals surface area contributed by atoms with Gasteiger partial charge in [-0.3, -0.25) is 0 Å². The van der Waals surface area contributed by atoms with E-state index in [9.17, 15) is 4.79 Å². The molecule has 0 saturated carbocycles. The van der Waals surface area contributed by atoms with Crippen LogP contribution in [0.2, 0.25) is 0 Å². The number of ether oxygens (including phenoxy) is 1. The molecule has 0 aromatic rings. The van der Waals surface area contributed by atoms with Crippen molar-refractivity contribution in [1.29, 1.82) is 0 Å². The van der Waals surface area contributed by atoms with Gasteiger partial charge in [0.1, 0.15) is 0 Å². The number of carbonyl (C=O) groups is 1. The Morgan fingerprint density at radius 2 is 1.89 bits per heavy atom. The molecule has 0 bridgehead atoms. The highest BCUT2D eigenvalue weighted by atomic mass is 16.6. The van der Waals surface area contributed by atoms with E-state index in [1.807, 2.05) is 13.8 Å². The molecule has 0 N–H and O–H groups in total. The predicted octanol–water partition coefficient (Wildman–Crippen LogP) is 1.95. The lowest BCUT2D eigenvalue weighted by atomic mass is 9.92. The first-order valence-electron chi connectivity index (χ1n) is 6.78. The number of amides is 1. The molecule has 102 valence electrons. The number of hydrogen-bond donors (Lipinski definition) is 0. The van der Waals surface area contributed by atoms with Gasteiger partial charge in [-0.2, -0.15) is 0 Å². The first kappa shape index (κ1) is 14.8. The third kappa shape index (κ3) is 3.39. The van der Waals surface area contributed by atoms with Gasteiger partial charge in [0, 0.05) is 39.0 Å². The minimum absolute atomic E-state index is 0.289. The van der Waals surface area contributed by atoms with Crippen LogP contribution < -0.4 is 0 Å². The summed E-state index contributed by atoms with van der Waals surface area (Å²) < 4.78 is 5.59. The van der Waals surface area contributed by atoms with Crippen LogP contribution in [0.25, 0.3) is 0 Å². The summed E-state index contributed by atoms with van der Waals surface area (Å²) in [5, 5.41) is 0. The van der Waals surface area contributed by atoms with Crippen LogP contribution in [-0.2, 0) is 4.74 Å². The van der Waals surface area contributed by atoms with E-state index < -0.39 is 5.60 Å². The SMILES string of the molecule is C#CC1(OC(=O)N(CC)CC)CCN(CC)CC1. The largest absolute Gasteiger partial charge is 0.429 e. The summed E-state index contributed by atoms with van der Waals surface area (Å²) in [5.74, 6) is 2.70. The van der Waals surface area contributed by atoms with Crippen LogP contribution in [0.3, 0.4) is 0 Å². The number of terminal acetylenes is 1. The van der Waals surface area contributed by atoms with Crippen LogP contribution in [0.5, 0.6) is 0 Å². The van der Waals surface area contributed by atoms with Crippen LogP contribution in [-0.4, -0.2) is 54.2 Å². The highest BCUT2D eigenvalue weighted by molar-refractivity contribution is 5.68. The first-order chi connectivity index (χ1) is 8.60. The molecule has 1 aliphatic heterocycles. The fourth-order valence-electron chi connectivity index (χ4n) is 2.22. The van der Waals surface area contributed by atoms with E-state index in [0.29, 0.717) is 13.1 Å². The smallest absolute Gasteiger partial charge is 0.411 e. The summed E-state index contributed by atoms with van der Waals surface area (Å²) in [6.07, 6.45) is 6.76. The van der Waals surface area contributed by atoms with Crippen molar-refractivity contribution in [2.75, 3.05) is 32.7 Å². The highest BCUT2D eigenvalue weighted by Gasteiger charge is 2.37. The van der Waals surface area contributed by atoms with E-state index in [0.717, 1.165) is 32.5 Å². The summed E-state index contributed by atoms with van der Waals surface area (Å²) in [5.41, 5.74) is -0.703. The lowest BCUT2D eigenvalue weighted by molar-refractivity contribution is -0.0100. The van der Waals surface area contributed by atoms with Crippen molar-refractivity contribution >= 4 is 6.09 Å². The van der Waals surface area contributed by atoms with Gasteiger partial charge in [0.15, 0.2) is 5.60 Å². The second-order valence-electron chi connectivity index (χ2n) is 4.61. The van der Waals surface area contributed by atoms with E-state index in [-0.39, 0.29) is 6.09 Å². The Hall–Kier alpha value is -1.21. The highest BCUT2D eigenvalue weighted by Crippen LogP contribution is 2.26. The molecule has 18 heavy (non-hydrogen) atoms. The van der Waals surface area contributed by atoms with Gasteiger partial charge in [0.05, 0.1) is 0 Å². The lowest BCUT2D eigenvalue weighted by Crippen LogP contribution is -2.48. The summed E-state index contributed by atoms with van der Waals surface area (Å²) in [4.78, 5) is 16.0. The Morgan fingerprint density at radius 3 is 2.28 bits per heavy atom. The molecule has 1 amide bonds.